The summed E-state index contributed by atoms with van der Waals surface area (Å²) in [6.45, 7) is 0.697. The molecule has 1 atom stereocenters. The van der Waals surface area contributed by atoms with E-state index in [0.29, 0.717) is 12.4 Å². The summed E-state index contributed by atoms with van der Waals surface area (Å²) in [5, 5.41) is 0. The fourth-order valence-corrected chi connectivity index (χ4v) is 3.22. The van der Waals surface area contributed by atoms with Crippen LogP contribution in [0.25, 0.3) is 0 Å². The van der Waals surface area contributed by atoms with E-state index in [2.05, 4.69) is 0 Å². The molecule has 2 aliphatic rings. The lowest BCUT2D eigenvalue weighted by Gasteiger charge is -2.47. The average Bonchev–Trinajstić information content (AvgIpc) is 2.37. The first-order valence-corrected chi connectivity index (χ1v) is 7.39. The zero-order valence-corrected chi connectivity index (χ0v) is 12.0. The topological polar surface area (TPSA) is 44.5 Å². The predicted octanol–water partition coefficient (Wildman–Crippen LogP) is 2.94. The summed E-state index contributed by atoms with van der Waals surface area (Å²) in [4.78, 5) is 0.0310. The van der Waals surface area contributed by atoms with Crippen molar-refractivity contribution >= 4 is 17.2 Å². The second-order valence-electron chi connectivity index (χ2n) is 5.59. The molecule has 2 N–H and O–H groups in total. The Hall–Kier alpha value is -1.20. The van der Waals surface area contributed by atoms with Crippen molar-refractivity contribution in [2.24, 2.45) is 5.73 Å². The summed E-state index contributed by atoms with van der Waals surface area (Å²) in [6.07, 6.45) is 5.12. The van der Waals surface area contributed by atoms with Gasteiger partial charge in [-0.25, -0.2) is 4.39 Å². The van der Waals surface area contributed by atoms with Gasteiger partial charge < -0.3 is 15.2 Å². The van der Waals surface area contributed by atoms with Gasteiger partial charge in [-0.05, 0) is 31.4 Å². The maximum Gasteiger partial charge on any atom is 0.137 e. The highest BCUT2D eigenvalue weighted by atomic mass is 32.1. The number of hydrogen-bond donors (Lipinski definition) is 1. The lowest BCUT2D eigenvalue weighted by molar-refractivity contribution is -0.153. The van der Waals surface area contributed by atoms with E-state index >= 15 is 0 Å². The fraction of sp³-hybridized carbons (Fsp3) is 0.533. The van der Waals surface area contributed by atoms with Crippen LogP contribution in [0.3, 0.4) is 0 Å². The molecule has 5 heteroatoms. The van der Waals surface area contributed by atoms with Crippen LogP contribution in [0.1, 0.15) is 37.7 Å². The molecule has 1 saturated carbocycles. The van der Waals surface area contributed by atoms with Crippen molar-refractivity contribution in [3.05, 3.63) is 29.6 Å². The second kappa shape index (κ2) is 5.30. The third kappa shape index (κ3) is 2.52. The highest BCUT2D eigenvalue weighted by molar-refractivity contribution is 7.80. The molecule has 1 aromatic rings. The molecular formula is C15H18FNO2S. The molecule has 2 fully saturated rings. The third-order valence-corrected chi connectivity index (χ3v) is 4.43. The Morgan fingerprint density at radius 3 is 2.90 bits per heavy atom. The Morgan fingerprint density at radius 2 is 2.25 bits per heavy atom. The maximum atomic E-state index is 13.8. The van der Waals surface area contributed by atoms with Gasteiger partial charge in [0, 0.05) is 12.8 Å². The molecule has 20 heavy (non-hydrogen) atoms. The van der Waals surface area contributed by atoms with Crippen LogP contribution in [0.15, 0.2) is 18.2 Å². The minimum atomic E-state index is -0.430. The molecule has 0 radical (unpaired) electrons. The molecule has 1 saturated heterocycles. The Labute approximate surface area is 123 Å². The first-order chi connectivity index (χ1) is 9.60. The van der Waals surface area contributed by atoms with E-state index in [9.17, 15) is 4.39 Å². The molecule has 1 unspecified atom stereocenters. The average molecular weight is 295 g/mol. The van der Waals surface area contributed by atoms with Crippen molar-refractivity contribution in [2.45, 2.75) is 43.8 Å². The summed E-state index contributed by atoms with van der Waals surface area (Å²) < 4.78 is 25.7. The van der Waals surface area contributed by atoms with Crippen molar-refractivity contribution in [2.75, 3.05) is 6.61 Å². The standard InChI is InChI=1S/C15H18FNO2S/c16-11-3-1-4-12(13(11)14(17)20)19-10-5-8-18-15(9-10)6-2-7-15/h1,3-4,10H,2,5-9H2,(H2,17,20). The summed E-state index contributed by atoms with van der Waals surface area (Å²) in [5.74, 6) is 0.0132. The van der Waals surface area contributed by atoms with Crippen LogP contribution in [0.4, 0.5) is 4.39 Å². The largest absolute Gasteiger partial charge is 0.489 e. The highest BCUT2D eigenvalue weighted by Gasteiger charge is 2.43. The summed E-state index contributed by atoms with van der Waals surface area (Å²) in [7, 11) is 0. The molecule has 1 aliphatic heterocycles. The molecule has 1 aromatic carbocycles. The van der Waals surface area contributed by atoms with E-state index in [1.165, 1.54) is 12.5 Å². The SMILES string of the molecule is NC(=S)c1c(F)cccc1OC1CCOC2(CCC2)C1. The third-order valence-electron chi connectivity index (χ3n) is 4.23. The molecule has 0 amide bonds. The van der Waals surface area contributed by atoms with Gasteiger partial charge in [-0.3, -0.25) is 0 Å². The van der Waals surface area contributed by atoms with E-state index < -0.39 is 5.82 Å². The highest BCUT2D eigenvalue weighted by Crippen LogP contribution is 2.43. The van der Waals surface area contributed by atoms with E-state index in [-0.39, 0.29) is 22.3 Å². The molecule has 3 rings (SSSR count). The second-order valence-corrected chi connectivity index (χ2v) is 6.03. The molecule has 108 valence electrons. The summed E-state index contributed by atoms with van der Waals surface area (Å²) in [6, 6.07) is 4.68. The molecule has 3 nitrogen and oxygen atoms in total. The van der Waals surface area contributed by atoms with Gasteiger partial charge in [0.2, 0.25) is 0 Å². The number of thiocarbonyl (C=S) groups is 1. The van der Waals surface area contributed by atoms with Crippen LogP contribution >= 0.6 is 12.2 Å². The van der Waals surface area contributed by atoms with Crippen molar-refractivity contribution in [1.29, 1.82) is 0 Å². The monoisotopic (exact) mass is 295 g/mol. The molecule has 0 aromatic heterocycles. The lowest BCUT2D eigenvalue weighted by Crippen LogP contribution is -2.48. The van der Waals surface area contributed by atoms with E-state index in [1.54, 1.807) is 12.1 Å². The van der Waals surface area contributed by atoms with Crippen LogP contribution < -0.4 is 10.5 Å². The number of rotatable bonds is 3. The van der Waals surface area contributed by atoms with Crippen molar-refractivity contribution < 1.29 is 13.9 Å². The summed E-state index contributed by atoms with van der Waals surface area (Å²) >= 11 is 4.92. The smallest absolute Gasteiger partial charge is 0.137 e. The van der Waals surface area contributed by atoms with Crippen LogP contribution in [-0.4, -0.2) is 23.3 Å². The van der Waals surface area contributed by atoms with Crippen LogP contribution in [0, 0.1) is 5.82 Å². The van der Waals surface area contributed by atoms with Crippen molar-refractivity contribution in [1.82, 2.24) is 0 Å². The van der Waals surface area contributed by atoms with Crippen LogP contribution in [-0.2, 0) is 4.74 Å². The number of benzene rings is 1. The van der Waals surface area contributed by atoms with Gasteiger partial charge in [-0.1, -0.05) is 18.3 Å². The van der Waals surface area contributed by atoms with Gasteiger partial charge in [-0.15, -0.1) is 0 Å². The Morgan fingerprint density at radius 1 is 1.45 bits per heavy atom. The zero-order valence-electron chi connectivity index (χ0n) is 11.2. The fourth-order valence-electron chi connectivity index (χ4n) is 3.02. The van der Waals surface area contributed by atoms with Crippen molar-refractivity contribution in [3.8, 4) is 5.75 Å². The quantitative estimate of drug-likeness (QED) is 0.871. The van der Waals surface area contributed by atoms with Crippen LogP contribution in [0.2, 0.25) is 0 Å². The number of nitrogens with two attached hydrogens (primary N) is 1. The van der Waals surface area contributed by atoms with E-state index in [4.69, 9.17) is 27.4 Å². The van der Waals surface area contributed by atoms with Gasteiger partial charge in [0.15, 0.2) is 0 Å². The first-order valence-electron chi connectivity index (χ1n) is 6.99. The van der Waals surface area contributed by atoms with Gasteiger partial charge in [0.05, 0.1) is 17.8 Å². The van der Waals surface area contributed by atoms with E-state index in [0.717, 1.165) is 25.7 Å². The van der Waals surface area contributed by atoms with E-state index in [1.807, 2.05) is 0 Å². The Balaban J connectivity index is 1.77. The molecular weight excluding hydrogens is 277 g/mol. The minimum absolute atomic E-state index is 0.000368. The maximum absolute atomic E-state index is 13.8. The molecule has 1 aliphatic carbocycles. The molecule has 1 spiro atoms. The summed E-state index contributed by atoms with van der Waals surface area (Å²) in [5.41, 5.74) is 5.80. The number of halogens is 1. The normalized spacial score (nSPS) is 24.1. The van der Waals surface area contributed by atoms with Gasteiger partial charge in [-0.2, -0.15) is 0 Å². The predicted molar refractivity (Wildman–Crippen MR) is 78.5 cm³/mol. The van der Waals surface area contributed by atoms with Gasteiger partial charge >= 0.3 is 0 Å². The molecule has 1 heterocycles. The minimum Gasteiger partial charge on any atom is -0.489 e. The van der Waals surface area contributed by atoms with Crippen molar-refractivity contribution in [3.63, 3.8) is 0 Å². The molecule has 0 bridgehead atoms. The zero-order chi connectivity index (χ0) is 14.2. The van der Waals surface area contributed by atoms with Gasteiger partial charge in [0.1, 0.15) is 22.7 Å². The first kappa shape index (κ1) is 13.8. The van der Waals surface area contributed by atoms with Gasteiger partial charge in [0.25, 0.3) is 0 Å². The Bertz CT molecular complexity index is 531. The number of hydrogen-bond acceptors (Lipinski definition) is 3. The Kier molecular flexibility index (Phi) is 3.65. The van der Waals surface area contributed by atoms with Crippen LogP contribution in [0.5, 0.6) is 5.75 Å². The number of ether oxygens (including phenoxy) is 2. The lowest BCUT2D eigenvalue weighted by atomic mass is 9.74.